The summed E-state index contributed by atoms with van der Waals surface area (Å²) in [5, 5.41) is 10.3. The number of hydrogen-bond donors (Lipinski definition) is 1. The van der Waals surface area contributed by atoms with Crippen molar-refractivity contribution in [3.8, 4) is 0 Å². The zero-order valence-corrected chi connectivity index (χ0v) is 14.6. The van der Waals surface area contributed by atoms with Crippen LogP contribution in [0.2, 0.25) is 0 Å². The number of halogens is 4. The summed E-state index contributed by atoms with van der Waals surface area (Å²) in [5.74, 6) is -8.91. The average Bonchev–Trinajstić information content (AvgIpc) is 2.40. The molecule has 2 nitrogen and oxygen atoms in total. The summed E-state index contributed by atoms with van der Waals surface area (Å²) in [6.07, 6.45) is -0.571. The number of hydrogen-bond acceptors (Lipinski definition) is 2. The van der Waals surface area contributed by atoms with E-state index in [1.807, 2.05) is 0 Å². The van der Waals surface area contributed by atoms with Gasteiger partial charge in [-0.05, 0) is 33.1 Å². The third kappa shape index (κ3) is 7.84. The Morgan fingerprint density at radius 1 is 0.913 bits per heavy atom. The fraction of sp³-hybridized carbons (Fsp3) is 0.824. The fourth-order valence-electron chi connectivity index (χ4n) is 2.63. The van der Waals surface area contributed by atoms with Gasteiger partial charge < -0.3 is 5.11 Å². The summed E-state index contributed by atoms with van der Waals surface area (Å²) in [4.78, 5) is 12.5. The maximum atomic E-state index is 13.4. The Balaban J connectivity index is 5.81. The molecule has 0 aliphatic carbocycles. The van der Waals surface area contributed by atoms with Crippen LogP contribution in [0.15, 0.2) is 11.3 Å². The summed E-state index contributed by atoms with van der Waals surface area (Å²) in [5.41, 5.74) is -0.401. The normalized spacial score (nSPS) is 15.6. The van der Waals surface area contributed by atoms with Gasteiger partial charge in [-0.2, -0.15) is 0 Å². The van der Waals surface area contributed by atoms with Crippen molar-refractivity contribution < 1.29 is 27.5 Å². The Labute approximate surface area is 136 Å². The van der Waals surface area contributed by atoms with Gasteiger partial charge in [0.2, 0.25) is 11.8 Å². The summed E-state index contributed by atoms with van der Waals surface area (Å²) in [7, 11) is 0. The molecule has 0 bridgehead atoms. The van der Waals surface area contributed by atoms with Crippen molar-refractivity contribution in [1.29, 1.82) is 0 Å². The van der Waals surface area contributed by atoms with Gasteiger partial charge >= 0.3 is 0 Å². The van der Waals surface area contributed by atoms with Crippen LogP contribution in [0.1, 0.15) is 66.7 Å². The van der Waals surface area contributed by atoms with E-state index in [0.717, 1.165) is 0 Å². The second kappa shape index (κ2) is 8.69. The van der Waals surface area contributed by atoms with E-state index >= 15 is 0 Å². The highest BCUT2D eigenvalue weighted by molar-refractivity contribution is 5.97. The van der Waals surface area contributed by atoms with Crippen LogP contribution in [-0.2, 0) is 4.79 Å². The predicted molar refractivity (Wildman–Crippen MR) is 83.0 cm³/mol. The molecule has 0 aromatic rings. The van der Waals surface area contributed by atoms with E-state index in [0.29, 0.717) is 26.7 Å². The largest absolute Gasteiger partial charge is 0.512 e. The first-order valence-corrected chi connectivity index (χ1v) is 8.08. The number of Topliss-reactive ketones (excluding diaryl/α,β-unsaturated/α-hetero) is 1. The van der Waals surface area contributed by atoms with Crippen molar-refractivity contribution in [3.05, 3.63) is 11.3 Å². The molecule has 0 saturated heterocycles. The minimum Gasteiger partial charge on any atom is -0.512 e. The van der Waals surface area contributed by atoms with Crippen LogP contribution in [0.3, 0.4) is 0 Å². The summed E-state index contributed by atoms with van der Waals surface area (Å²) in [6.45, 7) is 6.44. The molecular formula is C17H28F4O2. The standard InChI is InChI=1S/C17H28F4O2/c1-6-11(7-2)14(22)13(10-17(5,20)21)15(23)12(8-3)9-16(4,18)19/h11-12,23H,6-10H2,1-5H3. The van der Waals surface area contributed by atoms with E-state index < -0.39 is 53.6 Å². The molecule has 0 amide bonds. The molecule has 0 fully saturated rings. The molecule has 0 radical (unpaired) electrons. The molecule has 1 N–H and O–H groups in total. The predicted octanol–water partition coefficient (Wildman–Crippen LogP) is 5.92. The van der Waals surface area contributed by atoms with Gasteiger partial charge in [0.25, 0.3) is 0 Å². The Kier molecular flexibility index (Phi) is 8.29. The van der Waals surface area contributed by atoms with Gasteiger partial charge in [0, 0.05) is 30.3 Å². The van der Waals surface area contributed by atoms with E-state index in [2.05, 4.69) is 0 Å². The van der Waals surface area contributed by atoms with E-state index in [1.54, 1.807) is 20.8 Å². The molecule has 1 unspecified atom stereocenters. The van der Waals surface area contributed by atoms with Gasteiger partial charge in [0.1, 0.15) is 5.76 Å². The second-order valence-electron chi connectivity index (χ2n) is 6.37. The first-order chi connectivity index (χ1) is 10.4. The Morgan fingerprint density at radius 3 is 1.65 bits per heavy atom. The zero-order valence-electron chi connectivity index (χ0n) is 14.6. The van der Waals surface area contributed by atoms with Crippen LogP contribution in [0, 0.1) is 11.8 Å². The Morgan fingerprint density at radius 2 is 1.35 bits per heavy atom. The smallest absolute Gasteiger partial charge is 0.249 e. The van der Waals surface area contributed by atoms with E-state index in [1.165, 1.54) is 0 Å². The van der Waals surface area contributed by atoms with E-state index in [4.69, 9.17) is 0 Å². The fourth-order valence-corrected chi connectivity index (χ4v) is 2.63. The molecule has 0 aliphatic rings. The van der Waals surface area contributed by atoms with Gasteiger partial charge in [-0.3, -0.25) is 4.79 Å². The van der Waals surface area contributed by atoms with Gasteiger partial charge in [-0.25, -0.2) is 17.6 Å². The highest BCUT2D eigenvalue weighted by Crippen LogP contribution is 2.34. The maximum Gasteiger partial charge on any atom is 0.249 e. The summed E-state index contributed by atoms with van der Waals surface area (Å²) >= 11 is 0. The number of carbonyl (C=O) groups excluding carboxylic acids is 1. The van der Waals surface area contributed by atoms with E-state index in [-0.39, 0.29) is 6.42 Å². The molecule has 0 saturated carbocycles. The third-order valence-corrected chi connectivity index (χ3v) is 3.93. The quantitative estimate of drug-likeness (QED) is 0.304. The number of alkyl halides is 4. The topological polar surface area (TPSA) is 37.3 Å². The number of aliphatic hydroxyl groups excluding tert-OH is 1. The lowest BCUT2D eigenvalue weighted by atomic mass is 9.85. The zero-order chi connectivity index (χ0) is 18.4. The monoisotopic (exact) mass is 340 g/mol. The van der Waals surface area contributed by atoms with Gasteiger partial charge in [-0.15, -0.1) is 0 Å². The van der Waals surface area contributed by atoms with Crippen LogP contribution in [0.4, 0.5) is 17.6 Å². The van der Waals surface area contributed by atoms with Crippen LogP contribution in [0.25, 0.3) is 0 Å². The van der Waals surface area contributed by atoms with Crippen molar-refractivity contribution in [2.45, 2.75) is 78.6 Å². The van der Waals surface area contributed by atoms with Gasteiger partial charge in [0.05, 0.1) is 0 Å². The van der Waals surface area contributed by atoms with Gasteiger partial charge in [-0.1, -0.05) is 20.8 Å². The SMILES string of the molecule is CCC(CC)C(=O)C(CC(C)(F)F)=C(O)C(CC)CC(C)(F)F. The minimum absolute atomic E-state index is 0.143. The molecule has 0 heterocycles. The second-order valence-corrected chi connectivity index (χ2v) is 6.37. The first kappa shape index (κ1) is 21.9. The van der Waals surface area contributed by atoms with Crippen LogP contribution < -0.4 is 0 Å². The molecule has 136 valence electrons. The first-order valence-electron chi connectivity index (χ1n) is 8.08. The molecule has 0 aromatic heterocycles. The molecule has 1 atom stereocenters. The molecule has 0 aliphatic heterocycles. The van der Waals surface area contributed by atoms with Crippen molar-refractivity contribution in [2.24, 2.45) is 11.8 Å². The Hall–Kier alpha value is -1.07. The number of rotatable bonds is 10. The molecule has 0 rings (SSSR count). The van der Waals surface area contributed by atoms with Crippen LogP contribution in [-0.4, -0.2) is 22.7 Å². The molecule has 6 heteroatoms. The van der Waals surface area contributed by atoms with Crippen LogP contribution in [0.5, 0.6) is 0 Å². The maximum absolute atomic E-state index is 13.4. The van der Waals surface area contributed by atoms with Gasteiger partial charge in [0.15, 0.2) is 5.78 Å². The highest BCUT2D eigenvalue weighted by atomic mass is 19.3. The van der Waals surface area contributed by atoms with E-state index in [9.17, 15) is 27.5 Å². The number of carbonyl (C=O) groups is 1. The molecule has 23 heavy (non-hydrogen) atoms. The molecule has 0 spiro atoms. The highest BCUT2D eigenvalue weighted by Gasteiger charge is 2.35. The Bertz CT molecular complexity index is 415. The minimum atomic E-state index is -3.20. The lowest BCUT2D eigenvalue weighted by Gasteiger charge is -2.24. The van der Waals surface area contributed by atoms with Crippen molar-refractivity contribution in [1.82, 2.24) is 0 Å². The lowest BCUT2D eigenvalue weighted by molar-refractivity contribution is -0.120. The average molecular weight is 340 g/mol. The number of allylic oxidation sites excluding steroid dienone is 2. The summed E-state index contributed by atoms with van der Waals surface area (Å²) in [6, 6.07) is 0. The number of aliphatic hydroxyl groups is 1. The molecular weight excluding hydrogens is 312 g/mol. The summed E-state index contributed by atoms with van der Waals surface area (Å²) < 4.78 is 53.3. The lowest BCUT2D eigenvalue weighted by Crippen LogP contribution is -2.26. The molecule has 0 aromatic carbocycles. The van der Waals surface area contributed by atoms with Crippen LogP contribution >= 0.6 is 0 Å². The third-order valence-electron chi connectivity index (χ3n) is 3.93. The number of ketones is 1. The van der Waals surface area contributed by atoms with Crippen molar-refractivity contribution >= 4 is 5.78 Å². The van der Waals surface area contributed by atoms with Crippen molar-refractivity contribution in [2.75, 3.05) is 0 Å². The van der Waals surface area contributed by atoms with Crippen molar-refractivity contribution in [3.63, 3.8) is 0 Å².